The van der Waals surface area contributed by atoms with Crippen molar-refractivity contribution in [1.29, 1.82) is 0 Å². The van der Waals surface area contributed by atoms with Crippen LogP contribution < -0.4 is 0 Å². The number of rotatable bonds is 1. The summed E-state index contributed by atoms with van der Waals surface area (Å²) in [6.45, 7) is 0. The molecule has 0 heterocycles. The molecule has 2 fully saturated rings. The van der Waals surface area contributed by atoms with Crippen molar-refractivity contribution in [3.05, 3.63) is 5.92 Å². The molecule has 0 unspecified atom stereocenters. The van der Waals surface area contributed by atoms with Crippen molar-refractivity contribution >= 4 is 5.97 Å². The Balaban J connectivity index is 2.13. The fourth-order valence-corrected chi connectivity index (χ4v) is 2.81. The molecule has 2 heteroatoms. The average Bonchev–Trinajstić information content (AvgIpc) is 2.02. The van der Waals surface area contributed by atoms with E-state index < -0.39 is 5.97 Å². The van der Waals surface area contributed by atoms with Crippen molar-refractivity contribution in [2.24, 2.45) is 11.8 Å². The van der Waals surface area contributed by atoms with Crippen LogP contribution in [0, 0.1) is 17.8 Å². The normalized spacial score (nSPS) is 36.3. The van der Waals surface area contributed by atoms with Gasteiger partial charge in [0.2, 0.25) is 0 Å². The summed E-state index contributed by atoms with van der Waals surface area (Å²) in [5, 5.41) is 9.01. The lowest BCUT2D eigenvalue weighted by Gasteiger charge is -2.39. The molecule has 1 N–H and O–H groups in total. The first-order valence-corrected chi connectivity index (χ1v) is 4.89. The highest BCUT2D eigenvalue weighted by molar-refractivity contribution is 5.84. The zero-order chi connectivity index (χ0) is 8.55. The molecule has 67 valence electrons. The van der Waals surface area contributed by atoms with Crippen molar-refractivity contribution in [2.75, 3.05) is 0 Å². The third-order valence-corrected chi connectivity index (χ3v) is 3.34. The molecule has 0 aromatic heterocycles. The smallest absolute Gasteiger partial charge is 0.311 e. The molecule has 0 aromatic carbocycles. The number of fused-ring (bicyclic) bond motifs is 2. The Morgan fingerprint density at radius 3 is 1.75 bits per heavy atom. The van der Waals surface area contributed by atoms with Crippen LogP contribution in [0.25, 0.3) is 0 Å². The molecule has 0 atom stereocenters. The monoisotopic (exact) mass is 167 g/mol. The molecule has 0 amide bonds. The summed E-state index contributed by atoms with van der Waals surface area (Å²) < 4.78 is 0. The van der Waals surface area contributed by atoms with E-state index in [1.165, 1.54) is 12.8 Å². The van der Waals surface area contributed by atoms with Gasteiger partial charge in [-0.1, -0.05) is 12.8 Å². The van der Waals surface area contributed by atoms with Crippen molar-refractivity contribution in [3.63, 3.8) is 0 Å². The Kier molecular flexibility index (Phi) is 2.07. The van der Waals surface area contributed by atoms with Crippen molar-refractivity contribution in [3.8, 4) is 0 Å². The number of carbonyl (C=O) groups is 1. The van der Waals surface area contributed by atoms with Gasteiger partial charge in [-0.2, -0.15) is 0 Å². The predicted molar refractivity (Wildman–Crippen MR) is 45.6 cm³/mol. The van der Waals surface area contributed by atoms with Crippen LogP contribution in [-0.4, -0.2) is 11.1 Å². The number of hydrogen-bond acceptors (Lipinski definition) is 1. The zero-order valence-corrected chi connectivity index (χ0v) is 7.25. The lowest BCUT2D eigenvalue weighted by atomic mass is 9.65. The Labute approximate surface area is 73.0 Å². The van der Waals surface area contributed by atoms with E-state index in [0.29, 0.717) is 11.8 Å². The molecule has 2 aliphatic rings. The number of aliphatic carboxylic acids is 1. The topological polar surface area (TPSA) is 37.3 Å². The van der Waals surface area contributed by atoms with Gasteiger partial charge in [0.25, 0.3) is 0 Å². The Morgan fingerprint density at radius 2 is 1.50 bits per heavy atom. The molecule has 2 bridgehead atoms. The maximum atomic E-state index is 10.9. The summed E-state index contributed by atoms with van der Waals surface area (Å²) in [6, 6.07) is 0. The van der Waals surface area contributed by atoms with Gasteiger partial charge in [-0.15, -0.1) is 0 Å². The van der Waals surface area contributed by atoms with Crippen molar-refractivity contribution in [2.45, 2.75) is 38.5 Å². The van der Waals surface area contributed by atoms with E-state index in [2.05, 4.69) is 0 Å². The van der Waals surface area contributed by atoms with Crippen LogP contribution in [0.5, 0.6) is 0 Å². The Hall–Kier alpha value is -0.530. The first kappa shape index (κ1) is 8.09. The van der Waals surface area contributed by atoms with Gasteiger partial charge >= 0.3 is 5.97 Å². The lowest BCUT2D eigenvalue weighted by Crippen LogP contribution is -2.35. The van der Waals surface area contributed by atoms with Gasteiger partial charge < -0.3 is 5.11 Å². The second kappa shape index (κ2) is 3.08. The average molecular weight is 167 g/mol. The predicted octanol–water partition coefficient (Wildman–Crippen LogP) is 2.25. The SMILES string of the molecule is O=C(O)[C]1C2CCCC1CCC2. The Morgan fingerprint density at radius 1 is 1.08 bits per heavy atom. The lowest BCUT2D eigenvalue weighted by molar-refractivity contribution is -0.138. The maximum absolute atomic E-state index is 10.9. The van der Waals surface area contributed by atoms with Crippen molar-refractivity contribution < 1.29 is 9.90 Å². The molecular formula is C10H15O2. The molecule has 2 saturated carbocycles. The van der Waals surface area contributed by atoms with Gasteiger partial charge in [0.05, 0.1) is 5.92 Å². The van der Waals surface area contributed by atoms with Crippen LogP contribution in [0.1, 0.15) is 38.5 Å². The van der Waals surface area contributed by atoms with Crippen LogP contribution in [0.3, 0.4) is 0 Å². The van der Waals surface area contributed by atoms with Gasteiger partial charge in [-0.25, -0.2) is 0 Å². The van der Waals surface area contributed by atoms with Gasteiger partial charge in [0, 0.05) is 0 Å². The standard InChI is InChI=1S/C10H15O2/c11-10(12)9-7-3-1-4-8(9)6-2-5-7/h7-8H,1-6H2,(H,11,12). The van der Waals surface area contributed by atoms with Crippen LogP contribution in [0.4, 0.5) is 0 Å². The van der Waals surface area contributed by atoms with E-state index >= 15 is 0 Å². The van der Waals surface area contributed by atoms with Crippen molar-refractivity contribution in [1.82, 2.24) is 0 Å². The minimum Gasteiger partial charge on any atom is -0.481 e. The van der Waals surface area contributed by atoms with Crippen LogP contribution >= 0.6 is 0 Å². The van der Waals surface area contributed by atoms with E-state index in [0.717, 1.165) is 31.6 Å². The molecule has 12 heavy (non-hydrogen) atoms. The summed E-state index contributed by atoms with van der Waals surface area (Å²) in [4.78, 5) is 10.9. The third kappa shape index (κ3) is 1.23. The highest BCUT2D eigenvalue weighted by Gasteiger charge is 2.41. The molecule has 2 aliphatic carbocycles. The van der Waals surface area contributed by atoms with Gasteiger partial charge in [0.15, 0.2) is 0 Å². The molecule has 1 radical (unpaired) electrons. The summed E-state index contributed by atoms with van der Waals surface area (Å²) in [5.41, 5.74) is 0. The summed E-state index contributed by atoms with van der Waals surface area (Å²) in [6.07, 6.45) is 6.98. The second-order valence-corrected chi connectivity index (χ2v) is 4.02. The van der Waals surface area contributed by atoms with E-state index in [1.54, 1.807) is 0 Å². The van der Waals surface area contributed by atoms with Crippen LogP contribution in [0.15, 0.2) is 0 Å². The molecule has 0 spiro atoms. The largest absolute Gasteiger partial charge is 0.481 e. The van der Waals surface area contributed by atoms with Gasteiger partial charge in [0.1, 0.15) is 0 Å². The summed E-state index contributed by atoms with van der Waals surface area (Å²) in [7, 11) is 0. The number of carboxylic acids is 1. The van der Waals surface area contributed by atoms with E-state index in [9.17, 15) is 4.79 Å². The van der Waals surface area contributed by atoms with Crippen LogP contribution in [-0.2, 0) is 4.79 Å². The molecule has 0 aromatic rings. The van der Waals surface area contributed by atoms with E-state index in [-0.39, 0.29) is 0 Å². The molecular weight excluding hydrogens is 152 g/mol. The first-order chi connectivity index (χ1) is 5.79. The van der Waals surface area contributed by atoms with E-state index in [4.69, 9.17) is 5.11 Å². The number of carboxylic acid groups (broad SMARTS) is 1. The zero-order valence-electron chi connectivity index (χ0n) is 7.25. The minimum absolute atomic E-state index is 0.426. The molecule has 2 nitrogen and oxygen atoms in total. The first-order valence-electron chi connectivity index (χ1n) is 4.89. The van der Waals surface area contributed by atoms with E-state index in [1.807, 2.05) is 0 Å². The maximum Gasteiger partial charge on any atom is 0.311 e. The molecule has 0 saturated heterocycles. The molecule has 2 rings (SSSR count). The quantitative estimate of drug-likeness (QED) is 0.650. The fraction of sp³-hybridized carbons (Fsp3) is 0.800. The second-order valence-electron chi connectivity index (χ2n) is 4.02. The Bertz CT molecular complexity index is 166. The van der Waals surface area contributed by atoms with Gasteiger partial charge in [-0.05, 0) is 37.5 Å². The highest BCUT2D eigenvalue weighted by atomic mass is 16.4. The fourth-order valence-electron chi connectivity index (χ4n) is 2.81. The number of hydrogen-bond donors (Lipinski definition) is 1. The highest BCUT2D eigenvalue weighted by Crippen LogP contribution is 2.45. The van der Waals surface area contributed by atoms with Gasteiger partial charge in [-0.3, -0.25) is 4.79 Å². The molecule has 0 aliphatic heterocycles. The summed E-state index contributed by atoms with van der Waals surface area (Å²) >= 11 is 0. The van der Waals surface area contributed by atoms with Crippen LogP contribution in [0.2, 0.25) is 0 Å². The third-order valence-electron chi connectivity index (χ3n) is 3.34. The summed E-state index contributed by atoms with van der Waals surface area (Å²) in [5.74, 6) is 1.09. The minimum atomic E-state index is -0.621.